The summed E-state index contributed by atoms with van der Waals surface area (Å²) in [6.07, 6.45) is 0.218. The summed E-state index contributed by atoms with van der Waals surface area (Å²) in [4.78, 5) is 27.4. The maximum atomic E-state index is 13.1. The zero-order chi connectivity index (χ0) is 20.7. The number of benzene rings is 2. The lowest BCUT2D eigenvalue weighted by Crippen LogP contribution is -2.28. The molecule has 2 amide bonds. The number of nitrogens with zero attached hydrogens (tertiary/aromatic N) is 3. The molecule has 1 fully saturated rings. The van der Waals surface area contributed by atoms with Crippen molar-refractivity contribution >= 4 is 35.1 Å². The van der Waals surface area contributed by atoms with Gasteiger partial charge in [0.1, 0.15) is 5.82 Å². The van der Waals surface area contributed by atoms with Crippen LogP contribution >= 0.6 is 11.8 Å². The monoisotopic (exact) mass is 418 g/mol. The predicted molar refractivity (Wildman–Crippen MR) is 119 cm³/mol. The van der Waals surface area contributed by atoms with Gasteiger partial charge in [-0.2, -0.15) is 16.9 Å². The van der Waals surface area contributed by atoms with E-state index in [2.05, 4.69) is 5.32 Å². The van der Waals surface area contributed by atoms with Crippen molar-refractivity contribution in [1.29, 1.82) is 0 Å². The second-order valence-corrected chi connectivity index (χ2v) is 8.73. The van der Waals surface area contributed by atoms with Gasteiger partial charge in [0.15, 0.2) is 0 Å². The number of rotatable bonds is 4. The first-order valence-electron chi connectivity index (χ1n) is 10.0. The van der Waals surface area contributed by atoms with E-state index < -0.39 is 0 Å². The molecule has 0 aliphatic carbocycles. The number of fused-ring (bicyclic) bond motifs is 1. The standard InChI is InChI=1S/C23H22N4O2S/c1-15-7-9-17(10-8-15)26-12-16(11-21(26)28)23(29)24-22-19-13-30-14-20(19)25-27(22)18-5-3-2-4-6-18/h2-10,16H,11-14H2,1H3,(H,24,29)/t16-/m0/s1. The number of para-hydroxylation sites is 1. The second-order valence-electron chi connectivity index (χ2n) is 7.74. The van der Waals surface area contributed by atoms with E-state index in [0.717, 1.165) is 45.5 Å². The molecular formula is C23H22N4O2S. The number of hydrogen-bond acceptors (Lipinski definition) is 4. The van der Waals surface area contributed by atoms with Gasteiger partial charge in [-0.1, -0.05) is 35.9 Å². The van der Waals surface area contributed by atoms with Crippen LogP contribution in [0.2, 0.25) is 0 Å². The lowest BCUT2D eigenvalue weighted by atomic mass is 10.1. The average Bonchev–Trinajstić information content (AvgIpc) is 3.45. The Morgan fingerprint density at radius 3 is 2.60 bits per heavy atom. The summed E-state index contributed by atoms with van der Waals surface area (Å²) in [5.41, 5.74) is 4.99. The maximum absolute atomic E-state index is 13.1. The highest BCUT2D eigenvalue weighted by Gasteiger charge is 2.36. The SMILES string of the molecule is Cc1ccc(N2C[C@@H](C(=O)Nc3c4c(nn3-c3ccccc3)CSC4)CC2=O)cc1. The molecule has 0 spiro atoms. The van der Waals surface area contributed by atoms with Gasteiger partial charge in [-0.15, -0.1) is 0 Å². The molecule has 0 bridgehead atoms. The minimum Gasteiger partial charge on any atom is -0.312 e. The molecule has 1 aromatic heterocycles. The average molecular weight is 419 g/mol. The molecule has 152 valence electrons. The molecule has 0 radical (unpaired) electrons. The van der Waals surface area contributed by atoms with Crippen molar-refractivity contribution in [3.63, 3.8) is 0 Å². The van der Waals surface area contributed by atoms with E-state index in [1.165, 1.54) is 0 Å². The van der Waals surface area contributed by atoms with Crippen LogP contribution in [0.4, 0.5) is 11.5 Å². The van der Waals surface area contributed by atoms with Crippen LogP contribution in [0.25, 0.3) is 5.69 Å². The van der Waals surface area contributed by atoms with E-state index in [1.807, 2.05) is 66.2 Å². The largest absolute Gasteiger partial charge is 0.312 e. The van der Waals surface area contributed by atoms with Crippen LogP contribution in [0.3, 0.4) is 0 Å². The Kier molecular flexibility index (Phi) is 4.83. The molecule has 1 saturated heterocycles. The minimum atomic E-state index is -0.386. The van der Waals surface area contributed by atoms with Gasteiger partial charge in [-0.25, -0.2) is 4.68 Å². The molecule has 6 nitrogen and oxygen atoms in total. The van der Waals surface area contributed by atoms with Gasteiger partial charge in [-0.05, 0) is 31.2 Å². The van der Waals surface area contributed by atoms with Crippen molar-refractivity contribution < 1.29 is 9.59 Å². The topological polar surface area (TPSA) is 67.2 Å². The van der Waals surface area contributed by atoms with Crippen molar-refractivity contribution in [2.24, 2.45) is 5.92 Å². The van der Waals surface area contributed by atoms with Crippen molar-refractivity contribution in [1.82, 2.24) is 9.78 Å². The molecule has 0 unspecified atom stereocenters. The van der Waals surface area contributed by atoms with Crippen LogP contribution in [-0.2, 0) is 21.1 Å². The Balaban J connectivity index is 1.39. The first-order valence-corrected chi connectivity index (χ1v) is 11.2. The highest BCUT2D eigenvalue weighted by Crippen LogP contribution is 2.36. The van der Waals surface area contributed by atoms with E-state index >= 15 is 0 Å². The molecule has 3 aromatic rings. The van der Waals surface area contributed by atoms with E-state index in [4.69, 9.17) is 5.10 Å². The molecule has 30 heavy (non-hydrogen) atoms. The lowest BCUT2D eigenvalue weighted by molar-refractivity contribution is -0.122. The minimum absolute atomic E-state index is 0.0173. The second kappa shape index (κ2) is 7.65. The van der Waals surface area contributed by atoms with Crippen molar-refractivity contribution in [2.45, 2.75) is 24.9 Å². The van der Waals surface area contributed by atoms with Crippen LogP contribution < -0.4 is 10.2 Å². The van der Waals surface area contributed by atoms with E-state index in [0.29, 0.717) is 6.54 Å². The van der Waals surface area contributed by atoms with Crippen LogP contribution in [0, 0.1) is 12.8 Å². The zero-order valence-corrected chi connectivity index (χ0v) is 17.5. The third-order valence-electron chi connectivity index (χ3n) is 5.64. The zero-order valence-electron chi connectivity index (χ0n) is 16.7. The Bertz CT molecular complexity index is 1110. The van der Waals surface area contributed by atoms with Crippen molar-refractivity contribution in [3.05, 3.63) is 71.4 Å². The summed E-state index contributed by atoms with van der Waals surface area (Å²) >= 11 is 1.80. The molecule has 1 N–H and O–H groups in total. The number of carbonyl (C=O) groups excluding carboxylic acids is 2. The first-order chi connectivity index (χ1) is 14.6. The Hall–Kier alpha value is -3.06. The lowest BCUT2D eigenvalue weighted by Gasteiger charge is -2.17. The number of anilines is 2. The Morgan fingerprint density at radius 1 is 1.07 bits per heavy atom. The molecule has 5 rings (SSSR count). The number of hydrogen-bond donors (Lipinski definition) is 1. The summed E-state index contributed by atoms with van der Waals surface area (Å²) < 4.78 is 1.82. The summed E-state index contributed by atoms with van der Waals surface area (Å²) in [5, 5.41) is 7.83. The van der Waals surface area contributed by atoms with Gasteiger partial charge in [-0.3, -0.25) is 9.59 Å². The normalized spacial score (nSPS) is 18.0. The quantitative estimate of drug-likeness (QED) is 0.697. The Morgan fingerprint density at radius 2 is 1.83 bits per heavy atom. The number of aromatic nitrogens is 2. The fraction of sp³-hybridized carbons (Fsp3) is 0.261. The molecule has 0 saturated carbocycles. The van der Waals surface area contributed by atoms with Crippen LogP contribution in [0.1, 0.15) is 23.2 Å². The molecule has 2 aliphatic rings. The number of amides is 2. The van der Waals surface area contributed by atoms with Crippen molar-refractivity contribution in [3.8, 4) is 5.69 Å². The highest BCUT2D eigenvalue weighted by atomic mass is 32.2. The summed E-state index contributed by atoms with van der Waals surface area (Å²) in [7, 11) is 0. The first kappa shape index (κ1) is 18.9. The molecule has 7 heteroatoms. The van der Waals surface area contributed by atoms with Gasteiger partial charge < -0.3 is 10.2 Å². The number of nitrogens with one attached hydrogen (secondary N) is 1. The summed E-state index contributed by atoms with van der Waals surface area (Å²) in [5.74, 6) is 1.87. The number of aryl methyl sites for hydroxylation is 1. The van der Waals surface area contributed by atoms with E-state index in [9.17, 15) is 9.59 Å². The van der Waals surface area contributed by atoms with Gasteiger partial charge in [0, 0.05) is 35.7 Å². The van der Waals surface area contributed by atoms with Gasteiger partial charge in [0.25, 0.3) is 0 Å². The van der Waals surface area contributed by atoms with Gasteiger partial charge in [0.05, 0.1) is 17.3 Å². The number of carbonyl (C=O) groups is 2. The van der Waals surface area contributed by atoms with Gasteiger partial charge >= 0.3 is 0 Å². The third kappa shape index (κ3) is 3.39. The Labute approximate surface area is 179 Å². The molecular weight excluding hydrogens is 396 g/mol. The van der Waals surface area contributed by atoms with E-state index in [-0.39, 0.29) is 24.2 Å². The van der Waals surface area contributed by atoms with Gasteiger partial charge in [0.2, 0.25) is 11.8 Å². The van der Waals surface area contributed by atoms with Crippen molar-refractivity contribution in [2.75, 3.05) is 16.8 Å². The van der Waals surface area contributed by atoms with E-state index in [1.54, 1.807) is 16.7 Å². The van der Waals surface area contributed by atoms with Crippen LogP contribution in [0.5, 0.6) is 0 Å². The summed E-state index contributed by atoms with van der Waals surface area (Å²) in [6, 6.07) is 17.6. The van der Waals surface area contributed by atoms with Crippen LogP contribution in [0.15, 0.2) is 54.6 Å². The molecule has 1 atom stereocenters. The van der Waals surface area contributed by atoms with Crippen LogP contribution in [-0.4, -0.2) is 28.1 Å². The summed E-state index contributed by atoms with van der Waals surface area (Å²) in [6.45, 7) is 2.41. The third-order valence-corrected chi connectivity index (χ3v) is 6.61. The highest BCUT2D eigenvalue weighted by molar-refractivity contribution is 7.98. The fourth-order valence-corrected chi connectivity index (χ4v) is 5.01. The molecule has 2 aliphatic heterocycles. The fourth-order valence-electron chi connectivity index (χ4n) is 3.97. The smallest absolute Gasteiger partial charge is 0.230 e. The molecule has 2 aromatic carbocycles. The number of thioether (sulfide) groups is 1. The maximum Gasteiger partial charge on any atom is 0.230 e. The molecule has 3 heterocycles. The predicted octanol–water partition coefficient (Wildman–Crippen LogP) is 3.92.